The summed E-state index contributed by atoms with van der Waals surface area (Å²) in [6.45, 7) is 6.95. The van der Waals surface area contributed by atoms with Gasteiger partial charge in [-0.2, -0.15) is 10.2 Å². The number of rotatable bonds is 6. The second-order valence-corrected chi connectivity index (χ2v) is 10.5. The Balaban J connectivity index is 1.45. The molecule has 1 aliphatic rings. The largest absolute Gasteiger partial charge is 0.494 e. The van der Waals surface area contributed by atoms with Crippen LogP contribution in [-0.2, 0) is 16.5 Å². The molecule has 38 heavy (non-hydrogen) atoms. The van der Waals surface area contributed by atoms with Gasteiger partial charge in [-0.3, -0.25) is 9.36 Å². The van der Waals surface area contributed by atoms with Crippen LogP contribution in [0.1, 0.15) is 39.7 Å². The van der Waals surface area contributed by atoms with Crippen molar-refractivity contribution in [1.29, 1.82) is 0 Å². The average molecular weight is 523 g/mol. The molecule has 1 saturated heterocycles. The zero-order valence-corrected chi connectivity index (χ0v) is 22.7. The molecule has 0 atom stereocenters. The van der Waals surface area contributed by atoms with Crippen LogP contribution in [-0.4, -0.2) is 75.2 Å². The molecule has 5 rings (SSSR count). The lowest BCUT2D eigenvalue weighted by Gasteiger charge is -2.33. The number of methoxy groups -OCH3 is 2. The Morgan fingerprint density at radius 3 is 2.47 bits per heavy atom. The van der Waals surface area contributed by atoms with Crippen LogP contribution in [0.15, 0.2) is 30.6 Å². The van der Waals surface area contributed by atoms with E-state index in [1.165, 1.54) is 0 Å². The number of aromatic nitrogens is 5. The molecule has 0 aliphatic carbocycles. The highest BCUT2D eigenvalue weighted by Crippen LogP contribution is 2.37. The lowest BCUT2D eigenvalue weighted by molar-refractivity contribution is 0.0185. The van der Waals surface area contributed by atoms with Crippen molar-refractivity contribution in [1.82, 2.24) is 29.4 Å². The maximum Gasteiger partial charge on any atom is 0.410 e. The predicted octanol–water partition coefficient (Wildman–Crippen LogP) is 4.55. The van der Waals surface area contributed by atoms with Crippen LogP contribution in [0.2, 0.25) is 0 Å². The van der Waals surface area contributed by atoms with Gasteiger partial charge in [-0.15, -0.1) is 0 Å². The fraction of sp³-hybridized carbons (Fsp3) is 0.481. The monoisotopic (exact) mass is 522 g/mol. The Morgan fingerprint density at radius 1 is 1.03 bits per heavy atom. The fourth-order valence-corrected chi connectivity index (χ4v) is 4.73. The van der Waals surface area contributed by atoms with Gasteiger partial charge in [0, 0.05) is 56.5 Å². The number of nitrogens with zero attached hydrogens (tertiary/aromatic N) is 6. The summed E-state index contributed by atoms with van der Waals surface area (Å²) in [4.78, 5) is 19.2. The van der Waals surface area contributed by atoms with E-state index in [4.69, 9.17) is 29.0 Å². The van der Waals surface area contributed by atoms with Gasteiger partial charge in [0.05, 0.1) is 30.6 Å². The molecule has 0 spiro atoms. The van der Waals surface area contributed by atoms with Crippen LogP contribution in [0, 0.1) is 0 Å². The molecule has 0 bridgehead atoms. The van der Waals surface area contributed by atoms with E-state index in [9.17, 15) is 4.79 Å². The summed E-state index contributed by atoms with van der Waals surface area (Å²) in [5, 5.41) is 10.3. The summed E-state index contributed by atoms with van der Waals surface area (Å²) in [7, 11) is 5.09. The van der Waals surface area contributed by atoms with Crippen molar-refractivity contribution >= 4 is 28.0 Å². The third-order valence-electron chi connectivity index (χ3n) is 6.49. The van der Waals surface area contributed by atoms with Crippen molar-refractivity contribution in [2.24, 2.45) is 7.05 Å². The van der Waals surface area contributed by atoms with Gasteiger partial charge in [-0.05, 0) is 39.7 Å². The molecule has 1 amide bonds. The van der Waals surface area contributed by atoms with Gasteiger partial charge < -0.3 is 23.8 Å². The first-order valence-corrected chi connectivity index (χ1v) is 12.7. The highest BCUT2D eigenvalue weighted by atomic mass is 16.7. The predicted molar refractivity (Wildman–Crippen MR) is 142 cm³/mol. The average Bonchev–Trinajstić information content (AvgIpc) is 3.47. The maximum absolute atomic E-state index is 12.5. The second kappa shape index (κ2) is 10.1. The topological polar surface area (TPSA) is 106 Å². The van der Waals surface area contributed by atoms with Gasteiger partial charge >= 0.3 is 6.09 Å². The number of amides is 1. The third-order valence-corrected chi connectivity index (χ3v) is 6.49. The summed E-state index contributed by atoms with van der Waals surface area (Å²) in [6, 6.07) is 5.92. The Bertz CT molecular complexity index is 1460. The van der Waals surface area contributed by atoms with E-state index in [1.807, 2.05) is 63.1 Å². The molecule has 3 aromatic heterocycles. The van der Waals surface area contributed by atoms with E-state index in [0.29, 0.717) is 35.8 Å². The van der Waals surface area contributed by atoms with Crippen LogP contribution >= 0.6 is 0 Å². The minimum Gasteiger partial charge on any atom is -0.494 e. The second-order valence-electron chi connectivity index (χ2n) is 10.5. The Labute approximate surface area is 221 Å². The zero-order valence-electron chi connectivity index (χ0n) is 22.7. The van der Waals surface area contributed by atoms with Gasteiger partial charge in [0.2, 0.25) is 0 Å². The molecule has 0 saturated carbocycles. The van der Waals surface area contributed by atoms with E-state index in [0.717, 1.165) is 34.8 Å². The van der Waals surface area contributed by atoms with E-state index in [1.54, 1.807) is 23.8 Å². The Kier molecular flexibility index (Phi) is 6.87. The van der Waals surface area contributed by atoms with Crippen molar-refractivity contribution in [3.63, 3.8) is 0 Å². The molecule has 1 fully saturated rings. The van der Waals surface area contributed by atoms with Gasteiger partial charge in [-0.25, -0.2) is 9.78 Å². The van der Waals surface area contributed by atoms with Crippen molar-refractivity contribution in [3.05, 3.63) is 30.6 Å². The molecule has 4 heterocycles. The van der Waals surface area contributed by atoms with E-state index >= 15 is 0 Å². The molecule has 0 N–H and O–H groups in total. The first-order valence-electron chi connectivity index (χ1n) is 12.7. The number of carbonyl (C=O) groups is 1. The van der Waals surface area contributed by atoms with Gasteiger partial charge in [0.1, 0.15) is 16.9 Å². The lowest BCUT2D eigenvalue weighted by Crippen LogP contribution is -2.42. The number of carbonyl (C=O) groups excluding carboxylic acids is 1. The zero-order chi connectivity index (χ0) is 27.0. The summed E-state index contributed by atoms with van der Waals surface area (Å²) in [5.74, 6) is 1.24. The minimum absolute atomic E-state index is 0.102. The van der Waals surface area contributed by atoms with E-state index in [2.05, 4.69) is 5.10 Å². The third kappa shape index (κ3) is 5.24. The minimum atomic E-state index is -0.510. The molecule has 1 aromatic carbocycles. The number of piperidine rings is 1. The van der Waals surface area contributed by atoms with Crippen molar-refractivity contribution in [3.8, 4) is 22.8 Å². The Morgan fingerprint density at radius 2 is 1.79 bits per heavy atom. The molecule has 1 aliphatic heterocycles. The van der Waals surface area contributed by atoms with Crippen molar-refractivity contribution in [2.45, 2.75) is 45.3 Å². The van der Waals surface area contributed by atoms with Gasteiger partial charge in [-0.1, -0.05) is 0 Å². The van der Waals surface area contributed by atoms with Crippen LogP contribution < -0.4 is 9.47 Å². The molecule has 11 heteroatoms. The Hall–Kier alpha value is -3.86. The van der Waals surface area contributed by atoms with Crippen LogP contribution in [0.4, 0.5) is 4.79 Å². The molecule has 4 aromatic rings. The van der Waals surface area contributed by atoms with E-state index < -0.39 is 5.60 Å². The van der Waals surface area contributed by atoms with Gasteiger partial charge in [0.25, 0.3) is 0 Å². The number of hydrogen-bond donors (Lipinski definition) is 0. The number of pyridine rings is 1. The summed E-state index contributed by atoms with van der Waals surface area (Å²) in [5.41, 5.74) is 3.22. The summed E-state index contributed by atoms with van der Waals surface area (Å²) >= 11 is 0. The SMILES string of the molecule is COCOc1cc2nn(C)cc2cc1-c1cc(OC)c2nn(C3CCN(C(=O)OC(C)(C)C)CC3)cc2n1. The number of benzene rings is 1. The number of ether oxygens (including phenoxy) is 4. The fourth-order valence-electron chi connectivity index (χ4n) is 4.73. The molecular weight excluding hydrogens is 488 g/mol. The molecule has 11 nitrogen and oxygen atoms in total. The standard InChI is InChI=1S/C27H34N6O5/c1-27(2,3)38-26(34)32-9-7-18(8-10-32)33-15-22-25(30-33)24(36-6)13-21(28-22)19-11-17-14-31(4)29-20(17)12-23(19)37-16-35-5/h11-15,18H,7-10,16H2,1-6H3. The summed E-state index contributed by atoms with van der Waals surface area (Å²) < 4.78 is 26.0. The maximum atomic E-state index is 12.5. The number of likely N-dealkylation sites (tertiary alicyclic amines) is 1. The highest BCUT2D eigenvalue weighted by molar-refractivity contribution is 5.90. The van der Waals surface area contributed by atoms with Crippen LogP contribution in [0.25, 0.3) is 33.2 Å². The number of hydrogen-bond acceptors (Lipinski definition) is 8. The number of aryl methyl sites for hydroxylation is 1. The first kappa shape index (κ1) is 25.8. The smallest absolute Gasteiger partial charge is 0.410 e. The number of fused-ring (bicyclic) bond motifs is 2. The van der Waals surface area contributed by atoms with E-state index in [-0.39, 0.29) is 18.9 Å². The van der Waals surface area contributed by atoms with Crippen LogP contribution in [0.5, 0.6) is 11.5 Å². The van der Waals surface area contributed by atoms with Crippen molar-refractivity contribution in [2.75, 3.05) is 34.1 Å². The first-order chi connectivity index (χ1) is 18.1. The van der Waals surface area contributed by atoms with Gasteiger partial charge in [0.15, 0.2) is 18.1 Å². The lowest BCUT2D eigenvalue weighted by atomic mass is 10.1. The quantitative estimate of drug-likeness (QED) is 0.340. The summed E-state index contributed by atoms with van der Waals surface area (Å²) in [6.07, 6.45) is 5.18. The van der Waals surface area contributed by atoms with Crippen molar-refractivity contribution < 1.29 is 23.7 Å². The molecular formula is C27H34N6O5. The highest BCUT2D eigenvalue weighted by Gasteiger charge is 2.28. The molecule has 0 unspecified atom stereocenters. The molecule has 0 radical (unpaired) electrons. The normalized spacial score (nSPS) is 14.8. The van der Waals surface area contributed by atoms with Crippen LogP contribution in [0.3, 0.4) is 0 Å². The molecule has 202 valence electrons.